The van der Waals surface area contributed by atoms with E-state index in [0.29, 0.717) is 12.7 Å². The third kappa shape index (κ3) is 13.8. The largest absolute Gasteiger partial charge is 0.381 e. The van der Waals surface area contributed by atoms with Gasteiger partial charge in [0.2, 0.25) is 0 Å². The van der Waals surface area contributed by atoms with Gasteiger partial charge in [0.15, 0.2) is 5.78 Å². The number of ketones is 1. The Kier molecular flexibility index (Phi) is 12.3. The highest BCUT2D eigenvalue weighted by Crippen LogP contribution is 1.97. The van der Waals surface area contributed by atoms with Crippen LogP contribution in [0.2, 0.25) is 0 Å². The maximum Gasteiger partial charge on any atom is 0.160 e. The highest BCUT2D eigenvalue weighted by atomic mass is 16.5. The molecule has 114 valence electrons. The van der Waals surface area contributed by atoms with Gasteiger partial charge in [-0.3, -0.25) is 4.79 Å². The Balaban J connectivity index is 3.09. The SMILES string of the molecule is CC(C)OCCCOCCCCOCC(=O)C(C)C. The minimum absolute atomic E-state index is 0.0661. The number of Topliss-reactive ketones (excluding diaryl/α,β-unsaturated/α-hetero) is 1. The van der Waals surface area contributed by atoms with Gasteiger partial charge in [0.25, 0.3) is 0 Å². The Morgan fingerprint density at radius 1 is 0.842 bits per heavy atom. The molecule has 4 nitrogen and oxygen atoms in total. The molecule has 0 aromatic heterocycles. The van der Waals surface area contributed by atoms with Crippen LogP contribution in [0, 0.1) is 5.92 Å². The molecule has 0 N–H and O–H groups in total. The minimum Gasteiger partial charge on any atom is -0.381 e. The van der Waals surface area contributed by atoms with Gasteiger partial charge in [-0.05, 0) is 33.1 Å². The third-order valence-electron chi connectivity index (χ3n) is 2.60. The van der Waals surface area contributed by atoms with Gasteiger partial charge in [-0.25, -0.2) is 0 Å². The molecule has 0 fully saturated rings. The Morgan fingerprint density at radius 2 is 1.42 bits per heavy atom. The zero-order valence-electron chi connectivity index (χ0n) is 12.9. The van der Waals surface area contributed by atoms with E-state index in [-0.39, 0.29) is 18.3 Å². The summed E-state index contributed by atoms with van der Waals surface area (Å²) in [6.45, 7) is 11.0. The second-order valence-electron chi connectivity index (χ2n) is 5.27. The Morgan fingerprint density at radius 3 is 2.00 bits per heavy atom. The molecule has 0 aliphatic rings. The van der Waals surface area contributed by atoms with Crippen molar-refractivity contribution in [3.8, 4) is 0 Å². The van der Waals surface area contributed by atoms with Crippen LogP contribution in [0.4, 0.5) is 0 Å². The van der Waals surface area contributed by atoms with Crippen LogP contribution in [0.3, 0.4) is 0 Å². The molecule has 0 radical (unpaired) electrons. The number of carbonyl (C=O) groups is 1. The summed E-state index contributed by atoms with van der Waals surface area (Å²) in [7, 11) is 0. The van der Waals surface area contributed by atoms with Gasteiger partial charge in [0.1, 0.15) is 6.61 Å². The number of hydrogen-bond donors (Lipinski definition) is 0. The lowest BCUT2D eigenvalue weighted by Crippen LogP contribution is -2.15. The van der Waals surface area contributed by atoms with Crippen LogP contribution in [0.15, 0.2) is 0 Å². The quantitative estimate of drug-likeness (QED) is 0.484. The van der Waals surface area contributed by atoms with Crippen molar-refractivity contribution in [1.82, 2.24) is 0 Å². The molecule has 0 atom stereocenters. The van der Waals surface area contributed by atoms with Crippen molar-refractivity contribution in [1.29, 1.82) is 0 Å². The first-order chi connectivity index (χ1) is 9.04. The number of hydrogen-bond acceptors (Lipinski definition) is 4. The van der Waals surface area contributed by atoms with E-state index in [0.717, 1.165) is 39.1 Å². The van der Waals surface area contributed by atoms with Crippen LogP contribution >= 0.6 is 0 Å². The highest BCUT2D eigenvalue weighted by molar-refractivity contribution is 5.81. The van der Waals surface area contributed by atoms with Gasteiger partial charge < -0.3 is 14.2 Å². The first-order valence-electron chi connectivity index (χ1n) is 7.33. The van der Waals surface area contributed by atoms with E-state index >= 15 is 0 Å². The number of unbranched alkanes of at least 4 members (excludes halogenated alkanes) is 1. The number of rotatable bonds is 13. The molecule has 0 spiro atoms. The van der Waals surface area contributed by atoms with Crippen LogP contribution in [-0.4, -0.2) is 44.9 Å². The molecule has 4 heteroatoms. The molecule has 0 aromatic carbocycles. The van der Waals surface area contributed by atoms with Gasteiger partial charge in [-0.1, -0.05) is 13.8 Å². The Bertz CT molecular complexity index is 214. The molecule has 0 heterocycles. The summed E-state index contributed by atoms with van der Waals surface area (Å²) in [5, 5.41) is 0. The summed E-state index contributed by atoms with van der Waals surface area (Å²) >= 11 is 0. The molecule has 0 saturated heterocycles. The zero-order valence-corrected chi connectivity index (χ0v) is 12.9. The highest BCUT2D eigenvalue weighted by Gasteiger charge is 2.06. The monoisotopic (exact) mass is 274 g/mol. The predicted octanol–water partition coefficient (Wildman–Crippen LogP) is 2.84. The van der Waals surface area contributed by atoms with Crippen LogP contribution < -0.4 is 0 Å². The van der Waals surface area contributed by atoms with Crippen molar-refractivity contribution < 1.29 is 19.0 Å². The summed E-state index contributed by atoms with van der Waals surface area (Å²) in [4.78, 5) is 11.3. The van der Waals surface area contributed by atoms with E-state index in [1.165, 1.54) is 0 Å². The molecule has 0 aliphatic heterocycles. The van der Waals surface area contributed by atoms with Crippen molar-refractivity contribution >= 4 is 5.78 Å². The zero-order chi connectivity index (χ0) is 14.5. The first kappa shape index (κ1) is 18.6. The summed E-state index contributed by atoms with van der Waals surface area (Å²) in [6, 6.07) is 0. The number of ether oxygens (including phenoxy) is 3. The fourth-order valence-electron chi connectivity index (χ4n) is 1.33. The second-order valence-corrected chi connectivity index (χ2v) is 5.27. The van der Waals surface area contributed by atoms with Gasteiger partial charge >= 0.3 is 0 Å². The van der Waals surface area contributed by atoms with Gasteiger partial charge in [0, 0.05) is 32.3 Å². The minimum atomic E-state index is 0.0661. The molecular formula is C15H30O4. The van der Waals surface area contributed by atoms with E-state index < -0.39 is 0 Å². The van der Waals surface area contributed by atoms with Crippen molar-refractivity contribution in [2.45, 2.75) is 53.1 Å². The normalized spacial score (nSPS) is 11.5. The van der Waals surface area contributed by atoms with E-state index in [1.807, 2.05) is 27.7 Å². The fourth-order valence-corrected chi connectivity index (χ4v) is 1.33. The van der Waals surface area contributed by atoms with Gasteiger partial charge in [-0.2, -0.15) is 0 Å². The van der Waals surface area contributed by atoms with Gasteiger partial charge in [-0.15, -0.1) is 0 Å². The van der Waals surface area contributed by atoms with Crippen LogP contribution in [0.25, 0.3) is 0 Å². The molecule has 0 saturated carbocycles. The van der Waals surface area contributed by atoms with Gasteiger partial charge in [0.05, 0.1) is 6.10 Å². The Labute approximate surface area is 117 Å². The van der Waals surface area contributed by atoms with E-state index in [2.05, 4.69) is 0 Å². The molecule has 0 bridgehead atoms. The average Bonchev–Trinajstić information content (AvgIpc) is 2.35. The first-order valence-corrected chi connectivity index (χ1v) is 7.33. The third-order valence-corrected chi connectivity index (χ3v) is 2.60. The van der Waals surface area contributed by atoms with Crippen molar-refractivity contribution in [2.24, 2.45) is 5.92 Å². The molecule has 0 unspecified atom stereocenters. The topological polar surface area (TPSA) is 44.8 Å². The van der Waals surface area contributed by atoms with E-state index in [1.54, 1.807) is 0 Å². The van der Waals surface area contributed by atoms with E-state index in [9.17, 15) is 4.79 Å². The molecule has 0 aromatic rings. The summed E-state index contributed by atoms with van der Waals surface area (Å²) in [5.74, 6) is 0.234. The lowest BCUT2D eigenvalue weighted by Gasteiger charge is -2.08. The Hall–Kier alpha value is -0.450. The fraction of sp³-hybridized carbons (Fsp3) is 0.933. The lowest BCUT2D eigenvalue weighted by atomic mass is 10.1. The summed E-state index contributed by atoms with van der Waals surface area (Å²) < 4.78 is 16.2. The molecule has 0 amide bonds. The average molecular weight is 274 g/mol. The van der Waals surface area contributed by atoms with Crippen LogP contribution in [0.1, 0.15) is 47.0 Å². The maximum atomic E-state index is 11.3. The predicted molar refractivity (Wildman–Crippen MR) is 76.4 cm³/mol. The lowest BCUT2D eigenvalue weighted by molar-refractivity contribution is -0.126. The van der Waals surface area contributed by atoms with Crippen LogP contribution in [-0.2, 0) is 19.0 Å². The standard InChI is InChI=1S/C15H30O4/c1-13(2)15(16)12-18-9-6-5-8-17-10-7-11-19-14(3)4/h13-14H,5-12H2,1-4H3. The summed E-state index contributed by atoms with van der Waals surface area (Å²) in [5.41, 5.74) is 0. The maximum absolute atomic E-state index is 11.3. The molecule has 0 rings (SSSR count). The summed E-state index contributed by atoms with van der Waals surface area (Å²) in [6.07, 6.45) is 3.15. The van der Waals surface area contributed by atoms with Crippen molar-refractivity contribution in [3.05, 3.63) is 0 Å². The van der Waals surface area contributed by atoms with E-state index in [4.69, 9.17) is 14.2 Å². The molecule has 0 aliphatic carbocycles. The second kappa shape index (κ2) is 12.6. The van der Waals surface area contributed by atoms with Crippen molar-refractivity contribution in [2.75, 3.05) is 33.0 Å². The van der Waals surface area contributed by atoms with Crippen LogP contribution in [0.5, 0.6) is 0 Å². The van der Waals surface area contributed by atoms with Crippen molar-refractivity contribution in [3.63, 3.8) is 0 Å². The number of carbonyl (C=O) groups excluding carboxylic acids is 1. The molecular weight excluding hydrogens is 244 g/mol. The molecule has 19 heavy (non-hydrogen) atoms. The smallest absolute Gasteiger partial charge is 0.160 e.